The average Bonchev–Trinajstić information content (AvgIpc) is 2.54. The van der Waals surface area contributed by atoms with Crippen LogP contribution in [-0.4, -0.2) is 45.1 Å². The third-order valence-electron chi connectivity index (χ3n) is 4.38. The van der Waals surface area contributed by atoms with Gasteiger partial charge in [0.15, 0.2) is 11.5 Å². The second kappa shape index (κ2) is 6.47. The van der Waals surface area contributed by atoms with Gasteiger partial charge in [-0.2, -0.15) is 4.31 Å². The first-order chi connectivity index (χ1) is 10.9. The van der Waals surface area contributed by atoms with Crippen molar-refractivity contribution in [1.29, 1.82) is 0 Å². The lowest BCUT2D eigenvalue weighted by Gasteiger charge is -2.34. The van der Waals surface area contributed by atoms with E-state index in [4.69, 9.17) is 26.8 Å². The van der Waals surface area contributed by atoms with E-state index in [9.17, 15) is 8.42 Å². The molecule has 6 nitrogen and oxygen atoms in total. The molecule has 0 saturated carbocycles. The molecule has 128 valence electrons. The molecule has 0 bridgehead atoms. The summed E-state index contributed by atoms with van der Waals surface area (Å²) in [5, 5.41) is 0.150. The summed E-state index contributed by atoms with van der Waals surface area (Å²) < 4.78 is 38.3. The van der Waals surface area contributed by atoms with E-state index in [-0.39, 0.29) is 21.9 Å². The van der Waals surface area contributed by atoms with Crippen LogP contribution in [0.4, 0.5) is 0 Å². The standard InChI is InChI=1S/C15H21ClN2O4S/c1-10(17)11-3-2-4-18(9-11)23(19,20)15-8-14-13(7-12(15)16)21-5-6-22-14/h7-8,10-11H,2-6,9,17H2,1H3. The summed E-state index contributed by atoms with van der Waals surface area (Å²) >= 11 is 6.20. The lowest BCUT2D eigenvalue weighted by molar-refractivity contribution is 0.171. The topological polar surface area (TPSA) is 81.9 Å². The number of fused-ring (bicyclic) bond motifs is 1. The van der Waals surface area contributed by atoms with Crippen LogP contribution >= 0.6 is 11.6 Å². The van der Waals surface area contributed by atoms with Gasteiger partial charge in [0.05, 0.1) is 5.02 Å². The van der Waals surface area contributed by atoms with Gasteiger partial charge in [0.1, 0.15) is 18.1 Å². The first kappa shape index (κ1) is 16.8. The fourth-order valence-electron chi connectivity index (χ4n) is 3.00. The minimum atomic E-state index is -3.68. The average molecular weight is 361 g/mol. The van der Waals surface area contributed by atoms with Crippen LogP contribution in [0.15, 0.2) is 17.0 Å². The zero-order valence-corrected chi connectivity index (χ0v) is 14.6. The van der Waals surface area contributed by atoms with E-state index in [1.165, 1.54) is 16.4 Å². The van der Waals surface area contributed by atoms with Gasteiger partial charge in [0, 0.05) is 31.3 Å². The summed E-state index contributed by atoms with van der Waals surface area (Å²) in [7, 11) is -3.68. The largest absolute Gasteiger partial charge is 0.486 e. The van der Waals surface area contributed by atoms with Crippen LogP contribution in [0.5, 0.6) is 11.5 Å². The number of ether oxygens (including phenoxy) is 2. The van der Waals surface area contributed by atoms with Gasteiger partial charge in [-0.15, -0.1) is 0 Å². The Bertz CT molecular complexity index is 693. The highest BCUT2D eigenvalue weighted by molar-refractivity contribution is 7.89. The Labute approximate surface area is 141 Å². The lowest BCUT2D eigenvalue weighted by Crippen LogP contribution is -2.45. The molecule has 2 heterocycles. The maximum atomic E-state index is 13.0. The molecular formula is C15H21ClN2O4S. The number of halogens is 1. The highest BCUT2D eigenvalue weighted by Crippen LogP contribution is 2.39. The fourth-order valence-corrected chi connectivity index (χ4v) is 5.05. The molecule has 8 heteroatoms. The second-order valence-corrected chi connectivity index (χ2v) is 8.36. The first-order valence-corrected chi connectivity index (χ1v) is 9.56. The van der Waals surface area contributed by atoms with Crippen LogP contribution in [0.1, 0.15) is 19.8 Å². The summed E-state index contributed by atoms with van der Waals surface area (Å²) in [6.07, 6.45) is 1.74. The van der Waals surface area contributed by atoms with E-state index >= 15 is 0 Å². The predicted molar refractivity (Wildman–Crippen MR) is 87.6 cm³/mol. The third kappa shape index (κ3) is 3.28. The van der Waals surface area contributed by atoms with Crippen LogP contribution < -0.4 is 15.2 Å². The van der Waals surface area contributed by atoms with Crippen LogP contribution in [0.25, 0.3) is 0 Å². The van der Waals surface area contributed by atoms with E-state index in [1.54, 1.807) is 0 Å². The predicted octanol–water partition coefficient (Wildman–Crippen LogP) is 1.86. The summed E-state index contributed by atoms with van der Waals surface area (Å²) in [5.74, 6) is 1.06. The zero-order valence-electron chi connectivity index (χ0n) is 13.0. The number of sulfonamides is 1. The molecule has 2 aliphatic rings. The molecule has 2 aliphatic heterocycles. The van der Waals surface area contributed by atoms with E-state index in [0.717, 1.165) is 12.8 Å². The summed E-state index contributed by atoms with van der Waals surface area (Å²) in [6, 6.07) is 2.93. The fraction of sp³-hybridized carbons (Fsp3) is 0.600. The van der Waals surface area contributed by atoms with Crippen LogP contribution in [0.2, 0.25) is 5.02 Å². The van der Waals surface area contributed by atoms with Crippen molar-refractivity contribution in [1.82, 2.24) is 4.31 Å². The van der Waals surface area contributed by atoms with Crippen molar-refractivity contribution in [2.75, 3.05) is 26.3 Å². The van der Waals surface area contributed by atoms with E-state index in [2.05, 4.69) is 0 Å². The molecule has 2 atom stereocenters. The third-order valence-corrected chi connectivity index (χ3v) is 6.71. The highest BCUT2D eigenvalue weighted by atomic mass is 35.5. The number of nitrogens with zero attached hydrogens (tertiary/aromatic N) is 1. The quantitative estimate of drug-likeness (QED) is 0.889. The number of hydrogen-bond donors (Lipinski definition) is 1. The molecule has 0 aliphatic carbocycles. The minimum absolute atomic E-state index is 0.0382. The van der Waals surface area contributed by atoms with Crippen molar-refractivity contribution in [3.8, 4) is 11.5 Å². The number of rotatable bonds is 3. The van der Waals surface area contributed by atoms with Gasteiger partial charge >= 0.3 is 0 Å². The lowest BCUT2D eigenvalue weighted by atomic mass is 9.93. The van der Waals surface area contributed by atoms with E-state index in [0.29, 0.717) is 37.8 Å². The number of piperidine rings is 1. The molecule has 0 spiro atoms. The van der Waals surface area contributed by atoms with Crippen LogP contribution in [0.3, 0.4) is 0 Å². The van der Waals surface area contributed by atoms with Crippen LogP contribution in [-0.2, 0) is 10.0 Å². The summed E-state index contributed by atoms with van der Waals surface area (Å²) in [6.45, 7) is 3.64. The van der Waals surface area contributed by atoms with Crippen molar-refractivity contribution < 1.29 is 17.9 Å². The maximum absolute atomic E-state index is 13.0. The maximum Gasteiger partial charge on any atom is 0.244 e. The Morgan fingerprint density at radius 1 is 1.30 bits per heavy atom. The molecule has 1 fully saturated rings. The van der Waals surface area contributed by atoms with Gasteiger partial charge in [-0.3, -0.25) is 0 Å². The molecule has 1 aromatic carbocycles. The van der Waals surface area contributed by atoms with Gasteiger partial charge in [0.2, 0.25) is 10.0 Å². The summed E-state index contributed by atoms with van der Waals surface area (Å²) in [5.41, 5.74) is 5.95. The molecule has 0 aromatic heterocycles. The second-order valence-electron chi connectivity index (χ2n) is 6.05. The van der Waals surface area contributed by atoms with E-state index < -0.39 is 10.0 Å². The van der Waals surface area contributed by atoms with Crippen molar-refractivity contribution in [2.24, 2.45) is 11.7 Å². The van der Waals surface area contributed by atoms with Gasteiger partial charge in [-0.25, -0.2) is 8.42 Å². The van der Waals surface area contributed by atoms with Gasteiger partial charge in [0.25, 0.3) is 0 Å². The van der Waals surface area contributed by atoms with Gasteiger partial charge in [-0.1, -0.05) is 11.6 Å². The molecule has 0 amide bonds. The number of nitrogens with two attached hydrogens (primary N) is 1. The van der Waals surface area contributed by atoms with Gasteiger partial charge in [-0.05, 0) is 25.7 Å². The normalized spacial score (nSPS) is 23.5. The molecule has 1 saturated heterocycles. The van der Waals surface area contributed by atoms with E-state index in [1.807, 2.05) is 6.92 Å². The SMILES string of the molecule is CC(N)C1CCCN(S(=O)(=O)c2cc3c(cc2Cl)OCCO3)C1. The van der Waals surface area contributed by atoms with Gasteiger partial charge < -0.3 is 15.2 Å². The monoisotopic (exact) mass is 360 g/mol. The van der Waals surface area contributed by atoms with Crippen molar-refractivity contribution in [3.05, 3.63) is 17.2 Å². The highest BCUT2D eigenvalue weighted by Gasteiger charge is 2.34. The molecule has 2 unspecified atom stereocenters. The van der Waals surface area contributed by atoms with Crippen molar-refractivity contribution in [2.45, 2.75) is 30.7 Å². The van der Waals surface area contributed by atoms with Crippen LogP contribution in [0, 0.1) is 5.92 Å². The summed E-state index contributed by atoms with van der Waals surface area (Å²) in [4.78, 5) is 0.0636. The molecule has 1 aromatic rings. The Kier molecular flexibility index (Phi) is 4.73. The smallest absolute Gasteiger partial charge is 0.244 e. The molecule has 2 N–H and O–H groups in total. The van der Waals surface area contributed by atoms with Crippen molar-refractivity contribution in [3.63, 3.8) is 0 Å². The Morgan fingerprint density at radius 3 is 2.61 bits per heavy atom. The molecule has 0 radical (unpaired) electrons. The molecule has 23 heavy (non-hydrogen) atoms. The Hall–Kier alpha value is -1.02. The Balaban J connectivity index is 1.93. The number of hydrogen-bond acceptors (Lipinski definition) is 5. The molecule has 3 rings (SSSR count). The molecular weight excluding hydrogens is 340 g/mol. The number of benzene rings is 1. The first-order valence-electron chi connectivity index (χ1n) is 7.74. The minimum Gasteiger partial charge on any atom is -0.486 e. The Morgan fingerprint density at radius 2 is 1.96 bits per heavy atom. The van der Waals surface area contributed by atoms with Crippen molar-refractivity contribution >= 4 is 21.6 Å². The zero-order chi connectivity index (χ0) is 16.6.